The van der Waals surface area contributed by atoms with Gasteiger partial charge in [-0.3, -0.25) is 10.1 Å². The molecule has 8 nitrogen and oxygen atoms in total. The fourth-order valence-electron chi connectivity index (χ4n) is 1.88. The van der Waals surface area contributed by atoms with Crippen LogP contribution in [0, 0.1) is 10.1 Å². The number of benzene rings is 2. The van der Waals surface area contributed by atoms with Gasteiger partial charge in [0.15, 0.2) is 0 Å². The Labute approximate surface area is 137 Å². The molecule has 2 rings (SSSR count). The molecule has 0 amide bonds. The molecular weight excluding hydrogens is 372 g/mol. The van der Waals surface area contributed by atoms with Crippen LogP contribution in [0.5, 0.6) is 0 Å². The number of nitrogens with zero attached hydrogens (tertiary/aromatic N) is 1. The molecule has 0 bridgehead atoms. The third-order valence-corrected chi connectivity index (χ3v) is 3.42. The number of anilines is 2. The lowest BCUT2D eigenvalue weighted by Crippen LogP contribution is -2.07. The largest absolute Gasteiger partial charge is 0.478 e. The van der Waals surface area contributed by atoms with E-state index < -0.39 is 16.9 Å². The molecule has 0 saturated heterocycles. The lowest BCUT2D eigenvalue weighted by Gasteiger charge is -2.12. The summed E-state index contributed by atoms with van der Waals surface area (Å²) < 4.78 is 0.544. The van der Waals surface area contributed by atoms with E-state index in [2.05, 4.69) is 21.2 Å². The van der Waals surface area contributed by atoms with Crippen molar-refractivity contribution in [3.05, 3.63) is 62.1 Å². The average molecular weight is 381 g/mol. The van der Waals surface area contributed by atoms with E-state index in [-0.39, 0.29) is 28.2 Å². The summed E-state index contributed by atoms with van der Waals surface area (Å²) >= 11 is 3.15. The van der Waals surface area contributed by atoms with Crippen molar-refractivity contribution in [2.75, 3.05) is 5.32 Å². The molecule has 0 saturated carbocycles. The van der Waals surface area contributed by atoms with Crippen LogP contribution in [0.25, 0.3) is 0 Å². The number of halogens is 1. The van der Waals surface area contributed by atoms with Gasteiger partial charge in [-0.1, -0.05) is 15.9 Å². The Hall–Kier alpha value is -2.94. The highest BCUT2D eigenvalue weighted by Crippen LogP contribution is 2.28. The first-order chi connectivity index (χ1) is 10.8. The molecule has 2 aromatic rings. The van der Waals surface area contributed by atoms with Gasteiger partial charge < -0.3 is 15.5 Å². The second-order valence-electron chi connectivity index (χ2n) is 4.41. The van der Waals surface area contributed by atoms with E-state index in [1.165, 1.54) is 18.2 Å². The number of non-ortho nitro benzene ring substituents is 1. The molecule has 3 N–H and O–H groups in total. The number of aromatic carboxylic acids is 2. The SMILES string of the molecule is O=C(O)c1cc(Br)ccc1Nc1ccc([N+](=O)[O-])cc1C(=O)O. The summed E-state index contributed by atoms with van der Waals surface area (Å²) in [6, 6.07) is 7.66. The fraction of sp³-hybridized carbons (Fsp3) is 0. The standard InChI is InChI=1S/C14H9BrN2O6/c15-7-1-3-11(9(5-7)13(18)19)16-12-4-2-8(17(22)23)6-10(12)14(20)21/h1-6,16H,(H,18,19)(H,20,21). The third kappa shape index (κ3) is 3.64. The van der Waals surface area contributed by atoms with Gasteiger partial charge in [0.1, 0.15) is 0 Å². The van der Waals surface area contributed by atoms with Crippen LogP contribution >= 0.6 is 15.9 Å². The van der Waals surface area contributed by atoms with Crippen molar-refractivity contribution in [3.63, 3.8) is 0 Å². The van der Waals surface area contributed by atoms with Gasteiger partial charge in [0, 0.05) is 16.6 Å². The van der Waals surface area contributed by atoms with Crippen molar-refractivity contribution in [2.24, 2.45) is 0 Å². The first kappa shape index (κ1) is 16.4. The quantitative estimate of drug-likeness (QED) is 0.534. The highest BCUT2D eigenvalue weighted by Gasteiger charge is 2.18. The smallest absolute Gasteiger partial charge is 0.338 e. The summed E-state index contributed by atoms with van der Waals surface area (Å²) in [7, 11) is 0. The molecule has 0 spiro atoms. The molecule has 0 aliphatic heterocycles. The van der Waals surface area contributed by atoms with Crippen LogP contribution in [0.3, 0.4) is 0 Å². The Kier molecular flexibility index (Phi) is 4.60. The molecule has 0 heterocycles. The number of carboxylic acids is 2. The number of nitro benzene ring substituents is 1. The maximum absolute atomic E-state index is 11.3. The van der Waals surface area contributed by atoms with E-state index in [4.69, 9.17) is 0 Å². The minimum atomic E-state index is -1.37. The van der Waals surface area contributed by atoms with Crippen LogP contribution in [0.4, 0.5) is 17.1 Å². The van der Waals surface area contributed by atoms with Gasteiger partial charge in [-0.05, 0) is 24.3 Å². The third-order valence-electron chi connectivity index (χ3n) is 2.93. The van der Waals surface area contributed by atoms with Crippen LogP contribution in [0.1, 0.15) is 20.7 Å². The fourth-order valence-corrected chi connectivity index (χ4v) is 2.24. The minimum Gasteiger partial charge on any atom is -0.478 e. The highest BCUT2D eigenvalue weighted by atomic mass is 79.9. The summed E-state index contributed by atoms with van der Waals surface area (Å²) in [6.07, 6.45) is 0. The maximum Gasteiger partial charge on any atom is 0.338 e. The predicted molar refractivity (Wildman–Crippen MR) is 84.4 cm³/mol. The molecule has 0 atom stereocenters. The minimum absolute atomic E-state index is 0.0490. The van der Waals surface area contributed by atoms with Gasteiger partial charge in [0.2, 0.25) is 0 Å². The summed E-state index contributed by atoms with van der Waals surface area (Å²) in [4.78, 5) is 32.6. The molecule has 0 aliphatic rings. The van der Waals surface area contributed by atoms with E-state index in [0.717, 1.165) is 12.1 Å². The van der Waals surface area contributed by atoms with E-state index in [1.807, 2.05) is 0 Å². The van der Waals surface area contributed by atoms with Crippen LogP contribution in [-0.2, 0) is 0 Å². The van der Waals surface area contributed by atoms with Gasteiger partial charge in [-0.15, -0.1) is 0 Å². The molecular formula is C14H9BrN2O6. The topological polar surface area (TPSA) is 130 Å². The Bertz CT molecular complexity index is 821. The van der Waals surface area contributed by atoms with Crippen LogP contribution in [0.2, 0.25) is 0 Å². The Morgan fingerprint density at radius 2 is 1.52 bits per heavy atom. The zero-order chi connectivity index (χ0) is 17.1. The van der Waals surface area contributed by atoms with Crippen molar-refractivity contribution in [1.82, 2.24) is 0 Å². The van der Waals surface area contributed by atoms with Crippen molar-refractivity contribution in [3.8, 4) is 0 Å². The molecule has 2 aromatic carbocycles. The summed E-state index contributed by atoms with van der Waals surface area (Å²) in [6.45, 7) is 0. The van der Waals surface area contributed by atoms with Gasteiger partial charge in [-0.2, -0.15) is 0 Å². The lowest BCUT2D eigenvalue weighted by molar-refractivity contribution is -0.384. The van der Waals surface area contributed by atoms with E-state index in [0.29, 0.717) is 4.47 Å². The molecule has 0 radical (unpaired) electrons. The molecule has 0 unspecified atom stereocenters. The second kappa shape index (κ2) is 6.44. The molecule has 23 heavy (non-hydrogen) atoms. The highest BCUT2D eigenvalue weighted by molar-refractivity contribution is 9.10. The van der Waals surface area contributed by atoms with Crippen molar-refractivity contribution in [2.45, 2.75) is 0 Å². The van der Waals surface area contributed by atoms with Crippen molar-refractivity contribution < 1.29 is 24.7 Å². The van der Waals surface area contributed by atoms with E-state index in [1.54, 1.807) is 6.07 Å². The summed E-state index contributed by atoms with van der Waals surface area (Å²) in [5.74, 6) is -2.57. The second-order valence-corrected chi connectivity index (χ2v) is 5.33. The summed E-state index contributed by atoms with van der Waals surface area (Å²) in [5.41, 5.74) is -0.570. The zero-order valence-electron chi connectivity index (χ0n) is 11.3. The lowest BCUT2D eigenvalue weighted by atomic mass is 10.1. The zero-order valence-corrected chi connectivity index (χ0v) is 12.9. The Morgan fingerprint density at radius 1 is 1.00 bits per heavy atom. The van der Waals surface area contributed by atoms with Gasteiger partial charge >= 0.3 is 11.9 Å². The number of carboxylic acid groups (broad SMARTS) is 2. The number of hydrogen-bond acceptors (Lipinski definition) is 5. The van der Waals surface area contributed by atoms with Gasteiger partial charge in [0.05, 0.1) is 27.4 Å². The number of hydrogen-bond donors (Lipinski definition) is 3. The number of nitrogens with one attached hydrogen (secondary N) is 1. The first-order valence-electron chi connectivity index (χ1n) is 6.11. The monoisotopic (exact) mass is 380 g/mol. The number of carbonyl (C=O) groups is 2. The number of nitro groups is 1. The normalized spacial score (nSPS) is 10.1. The van der Waals surface area contributed by atoms with Crippen molar-refractivity contribution >= 4 is 44.9 Å². The molecule has 118 valence electrons. The van der Waals surface area contributed by atoms with Crippen LogP contribution in [0.15, 0.2) is 40.9 Å². The molecule has 0 aromatic heterocycles. The predicted octanol–water partition coefficient (Wildman–Crippen LogP) is 3.50. The van der Waals surface area contributed by atoms with Crippen molar-refractivity contribution in [1.29, 1.82) is 0 Å². The molecule has 9 heteroatoms. The van der Waals surface area contributed by atoms with E-state index >= 15 is 0 Å². The first-order valence-corrected chi connectivity index (χ1v) is 6.90. The van der Waals surface area contributed by atoms with E-state index in [9.17, 15) is 29.9 Å². The Morgan fingerprint density at radius 3 is 2.04 bits per heavy atom. The summed E-state index contributed by atoms with van der Waals surface area (Å²) in [5, 5.41) is 31.8. The average Bonchev–Trinajstić information content (AvgIpc) is 2.48. The van der Waals surface area contributed by atoms with Gasteiger partial charge in [-0.25, -0.2) is 9.59 Å². The maximum atomic E-state index is 11.3. The Balaban J connectivity index is 2.50. The molecule has 0 fully saturated rings. The van der Waals surface area contributed by atoms with Crippen LogP contribution < -0.4 is 5.32 Å². The van der Waals surface area contributed by atoms with Crippen LogP contribution in [-0.4, -0.2) is 27.1 Å². The number of rotatable bonds is 5. The molecule has 0 aliphatic carbocycles. The van der Waals surface area contributed by atoms with Gasteiger partial charge in [0.25, 0.3) is 5.69 Å².